The minimum Gasteiger partial charge on any atom is -0.353 e. The number of hydrogen-bond acceptors (Lipinski definition) is 0. The van der Waals surface area contributed by atoms with Gasteiger partial charge in [0.05, 0.1) is 16.6 Å². The Morgan fingerprint density at radius 1 is 0.385 bits per heavy atom. The third-order valence-corrected chi connectivity index (χ3v) is 13.4. The Hall–Kier alpha value is -4.86. The fourth-order valence-corrected chi connectivity index (χ4v) is 12.4. The average molecular weight is 513 g/mol. The maximum atomic E-state index is 2.78. The Morgan fingerprint density at radius 3 is 1.59 bits per heavy atom. The van der Waals surface area contributed by atoms with Gasteiger partial charge >= 0.3 is 0 Å². The Labute approximate surface area is 227 Å². The zero-order chi connectivity index (χ0) is 25.6. The van der Waals surface area contributed by atoms with Gasteiger partial charge in [-0.05, 0) is 33.8 Å². The van der Waals surface area contributed by atoms with Gasteiger partial charge in [-0.25, -0.2) is 0 Å². The Kier molecular flexibility index (Phi) is 4.11. The maximum Gasteiger partial charge on any atom is 0.259 e. The molecule has 0 spiro atoms. The summed E-state index contributed by atoms with van der Waals surface area (Å²) in [5, 5.41) is 9.42. The van der Waals surface area contributed by atoms with Crippen molar-refractivity contribution in [1.82, 2.24) is 8.80 Å². The highest BCUT2D eigenvalue weighted by molar-refractivity contribution is 7.11. The molecule has 6 aromatic carbocycles. The van der Waals surface area contributed by atoms with Crippen LogP contribution in [0.2, 0.25) is 0 Å². The van der Waals surface area contributed by atoms with E-state index in [0.29, 0.717) is 0 Å². The van der Waals surface area contributed by atoms with E-state index in [1.54, 1.807) is 0 Å². The molecule has 9 rings (SSSR count). The number of hydrogen-bond donors (Lipinski definition) is 0. The molecule has 2 nitrogen and oxygen atoms in total. The van der Waals surface area contributed by atoms with Crippen LogP contribution in [0.3, 0.4) is 0 Å². The number of fused-ring (bicyclic) bond motifs is 8. The van der Waals surface area contributed by atoms with E-state index in [1.807, 2.05) is 0 Å². The van der Waals surface area contributed by atoms with E-state index < -0.39 is 8.24 Å². The molecule has 0 N–H and O–H groups in total. The van der Waals surface area contributed by atoms with Crippen LogP contribution in [0.5, 0.6) is 0 Å². The molecule has 39 heavy (non-hydrogen) atoms. The summed E-state index contributed by atoms with van der Waals surface area (Å²) in [6.07, 6.45) is 0. The first-order chi connectivity index (χ1) is 19.4. The lowest BCUT2D eigenvalue weighted by Gasteiger charge is -2.36. The van der Waals surface area contributed by atoms with Crippen LogP contribution in [0.1, 0.15) is 0 Å². The summed E-state index contributed by atoms with van der Waals surface area (Å²) < 4.78 is 5.34. The van der Waals surface area contributed by atoms with E-state index in [9.17, 15) is 0 Å². The third kappa shape index (κ3) is 2.51. The molecule has 2 aromatic heterocycles. The van der Waals surface area contributed by atoms with E-state index in [4.69, 9.17) is 0 Å². The molecule has 0 amide bonds. The molecule has 0 bridgehead atoms. The van der Waals surface area contributed by atoms with E-state index in [1.165, 1.54) is 64.9 Å². The van der Waals surface area contributed by atoms with Gasteiger partial charge in [-0.15, -0.1) is 0 Å². The molecule has 0 aliphatic carbocycles. The van der Waals surface area contributed by atoms with Crippen LogP contribution in [-0.4, -0.2) is 17.0 Å². The average Bonchev–Trinajstić information content (AvgIpc) is 3.49. The van der Waals surface area contributed by atoms with Gasteiger partial charge in [0.2, 0.25) is 0 Å². The molecular weight excluding hydrogens is 488 g/mol. The Balaban J connectivity index is 1.68. The van der Waals surface area contributed by atoms with Crippen molar-refractivity contribution in [3.05, 3.63) is 146 Å². The van der Waals surface area contributed by atoms with Gasteiger partial charge in [0.1, 0.15) is 0 Å². The van der Waals surface area contributed by atoms with E-state index in [2.05, 4.69) is 154 Å². The molecule has 1 aliphatic heterocycles. The lowest BCUT2D eigenvalue weighted by molar-refractivity contribution is 1.20. The van der Waals surface area contributed by atoms with Gasteiger partial charge in [-0.2, -0.15) is 0 Å². The Bertz CT molecular complexity index is 2180. The zero-order valence-corrected chi connectivity index (χ0v) is 22.3. The van der Waals surface area contributed by atoms with Crippen LogP contribution >= 0.6 is 0 Å². The van der Waals surface area contributed by atoms with Crippen molar-refractivity contribution in [2.75, 3.05) is 0 Å². The summed E-state index contributed by atoms with van der Waals surface area (Å²) in [4.78, 5) is 0. The van der Waals surface area contributed by atoms with Gasteiger partial charge in [-0.1, -0.05) is 127 Å². The van der Waals surface area contributed by atoms with E-state index in [-0.39, 0.29) is 0 Å². The molecule has 0 atom stereocenters. The third-order valence-electron chi connectivity index (χ3n) is 8.72. The summed E-state index contributed by atoms with van der Waals surface area (Å²) >= 11 is 0. The SMILES string of the molecule is c1ccc([Si]2(c3ccccc3)c3ccccc3-n3c4ccccc4c4ccc5c6ccccc6n2c5c43)cc1. The first-order valence-corrected chi connectivity index (χ1v) is 15.5. The van der Waals surface area contributed by atoms with Crippen molar-refractivity contribution in [3.8, 4) is 5.69 Å². The van der Waals surface area contributed by atoms with Gasteiger partial charge in [-0.3, -0.25) is 0 Å². The first kappa shape index (κ1) is 21.1. The zero-order valence-electron chi connectivity index (χ0n) is 21.3. The molecule has 0 saturated heterocycles. The minimum absolute atomic E-state index is 1.26. The van der Waals surface area contributed by atoms with Crippen molar-refractivity contribution < 1.29 is 0 Å². The molecule has 0 radical (unpaired) electrons. The standard InChI is InChI=1S/C36H24N2Si/c1-3-13-25(14-4-1)39(26-15-5-2-6-16-26)34-22-12-11-21-33(34)37-31-19-9-7-17-27(31)29-23-24-30-28-18-8-10-20-32(28)38(39)36(30)35(29)37/h1-24H. The number of benzene rings is 6. The largest absolute Gasteiger partial charge is 0.353 e. The minimum atomic E-state index is -2.85. The predicted octanol–water partition coefficient (Wildman–Crippen LogP) is 6.72. The number of rotatable bonds is 2. The molecule has 0 unspecified atom stereocenters. The van der Waals surface area contributed by atoms with Gasteiger partial charge < -0.3 is 8.80 Å². The van der Waals surface area contributed by atoms with Crippen LogP contribution in [0.25, 0.3) is 49.3 Å². The van der Waals surface area contributed by atoms with Crippen molar-refractivity contribution in [1.29, 1.82) is 0 Å². The Morgan fingerprint density at radius 2 is 0.897 bits per heavy atom. The van der Waals surface area contributed by atoms with Gasteiger partial charge in [0, 0.05) is 32.7 Å². The normalized spacial score (nSPS) is 13.8. The van der Waals surface area contributed by atoms with Crippen LogP contribution < -0.4 is 15.6 Å². The highest BCUT2D eigenvalue weighted by Gasteiger charge is 2.47. The van der Waals surface area contributed by atoms with E-state index in [0.717, 1.165) is 0 Å². The quantitative estimate of drug-likeness (QED) is 0.228. The molecule has 3 heterocycles. The molecule has 0 saturated carbocycles. The second kappa shape index (κ2) is 7.59. The molecule has 8 aromatic rings. The van der Waals surface area contributed by atoms with Crippen LogP contribution in [0.15, 0.2) is 146 Å². The van der Waals surface area contributed by atoms with Crippen molar-refractivity contribution in [3.63, 3.8) is 0 Å². The van der Waals surface area contributed by atoms with Crippen LogP contribution in [0.4, 0.5) is 0 Å². The van der Waals surface area contributed by atoms with Crippen LogP contribution in [-0.2, 0) is 0 Å². The van der Waals surface area contributed by atoms with Crippen molar-refractivity contribution in [2.24, 2.45) is 0 Å². The number of para-hydroxylation sites is 3. The second-order valence-corrected chi connectivity index (χ2v) is 14.1. The predicted molar refractivity (Wildman–Crippen MR) is 167 cm³/mol. The van der Waals surface area contributed by atoms with Gasteiger partial charge in [0.25, 0.3) is 8.24 Å². The summed E-state index contributed by atoms with van der Waals surface area (Å²) in [5.74, 6) is 0. The first-order valence-electron chi connectivity index (χ1n) is 13.6. The summed E-state index contributed by atoms with van der Waals surface area (Å²) in [6.45, 7) is 0. The molecule has 1 aliphatic rings. The number of aromatic nitrogens is 2. The summed E-state index contributed by atoms with van der Waals surface area (Å²) in [6, 6.07) is 54.3. The lowest BCUT2D eigenvalue weighted by Crippen LogP contribution is -2.72. The highest BCUT2D eigenvalue weighted by atomic mass is 28.3. The second-order valence-electron chi connectivity index (χ2n) is 10.5. The van der Waals surface area contributed by atoms with Gasteiger partial charge in [0.15, 0.2) is 0 Å². The molecule has 3 heteroatoms. The van der Waals surface area contributed by atoms with Crippen molar-refractivity contribution in [2.45, 2.75) is 0 Å². The van der Waals surface area contributed by atoms with Crippen LogP contribution in [0, 0.1) is 0 Å². The molecular formula is C36H24N2Si. The fourth-order valence-electron chi connectivity index (χ4n) is 7.29. The number of nitrogens with zero attached hydrogens (tertiary/aromatic N) is 2. The molecule has 182 valence electrons. The molecule has 0 fully saturated rings. The maximum absolute atomic E-state index is 2.85. The summed E-state index contributed by atoms with van der Waals surface area (Å²) in [5.41, 5.74) is 6.48. The van der Waals surface area contributed by atoms with E-state index >= 15 is 0 Å². The highest BCUT2D eigenvalue weighted by Crippen LogP contribution is 2.43. The monoisotopic (exact) mass is 512 g/mol. The van der Waals surface area contributed by atoms with Crippen molar-refractivity contribution >= 4 is 67.4 Å². The smallest absolute Gasteiger partial charge is 0.259 e. The lowest BCUT2D eigenvalue weighted by atomic mass is 10.1. The fraction of sp³-hybridized carbons (Fsp3) is 0. The summed E-state index contributed by atoms with van der Waals surface area (Å²) in [7, 11) is -2.85. The topological polar surface area (TPSA) is 9.86 Å².